The fourth-order valence-electron chi connectivity index (χ4n) is 0. The predicted molar refractivity (Wildman–Crippen MR) is 32.6 cm³/mol. The average molecular weight is 299 g/mol. The van der Waals surface area contributed by atoms with Crippen LogP contribution in [-0.4, -0.2) is 23.3 Å². The van der Waals surface area contributed by atoms with Crippen molar-refractivity contribution in [2.75, 3.05) is 0 Å². The van der Waals surface area contributed by atoms with Gasteiger partial charge in [-0.3, -0.25) is 0 Å². The Kier molecular flexibility index (Phi) is 292. The third-order valence-corrected chi connectivity index (χ3v) is 0. The van der Waals surface area contributed by atoms with Crippen molar-refractivity contribution in [3.63, 3.8) is 0 Å². The summed E-state index contributed by atoms with van der Waals surface area (Å²) in [5.41, 5.74) is 0. The van der Waals surface area contributed by atoms with E-state index in [9.17, 15) is 0 Å². The van der Waals surface area contributed by atoms with Gasteiger partial charge in [-0.05, 0) is 12.3 Å². The maximum atomic E-state index is 8.33. The van der Waals surface area contributed by atoms with Gasteiger partial charge < -0.3 is 59.4 Å². The van der Waals surface area contributed by atoms with Crippen molar-refractivity contribution in [2.24, 2.45) is 0 Å². The molecule has 0 heterocycles. The first-order chi connectivity index (χ1) is 3.46. The van der Waals surface area contributed by atoms with Gasteiger partial charge in [0.2, 0.25) is 0 Å². The SMILES string of the molecule is O=C([O-])[O-].O=C([O-])[O-].[NH4+].[NH4+].[NH4+].[OH-].[OH-].[Zr+4]. The van der Waals surface area contributed by atoms with Crippen LogP contribution in [0.15, 0.2) is 0 Å². The Bertz CT molecular complexity index is 80.6. The Morgan fingerprint density at radius 3 is 0.643 bits per heavy atom. The van der Waals surface area contributed by atoms with Crippen molar-refractivity contribution in [2.45, 2.75) is 0 Å². The summed E-state index contributed by atoms with van der Waals surface area (Å²) in [6, 6.07) is 0. The van der Waals surface area contributed by atoms with Gasteiger partial charge in [0.1, 0.15) is 0 Å². The molecule has 0 aromatic rings. The van der Waals surface area contributed by atoms with E-state index in [1.165, 1.54) is 0 Å². The molecule has 0 aliphatic heterocycles. The van der Waals surface area contributed by atoms with Gasteiger partial charge in [-0.15, -0.1) is 0 Å². The summed E-state index contributed by atoms with van der Waals surface area (Å²) in [5.74, 6) is 0. The molecule has 0 spiro atoms. The Hall–Kier alpha value is -0.777. The third-order valence-electron chi connectivity index (χ3n) is 0. The first kappa shape index (κ1) is 72.4. The standard InChI is InChI=1S/2CH2O3.3H3N.2H2O.Zr/c2*2-1(3)4;;;;;;/h2*(H2,2,3,4);3*1H3;2*1H2;/q;;;;;;;+4/p-3. The molecular weight excluding hydrogens is 285 g/mol. The largest absolute Gasteiger partial charge is 4.00 e. The molecule has 0 bridgehead atoms. The second kappa shape index (κ2) is 56.4. The number of hydrogen-bond acceptors (Lipinski definition) is 8. The van der Waals surface area contributed by atoms with Crippen LogP contribution in [0.2, 0.25) is 0 Å². The summed E-state index contributed by atoms with van der Waals surface area (Å²) in [6.07, 6.45) is -4.67. The average Bonchev–Trinajstić information content (AvgIpc) is 1.25. The van der Waals surface area contributed by atoms with Crippen LogP contribution in [0, 0.1) is 0 Å². The van der Waals surface area contributed by atoms with E-state index in [0.29, 0.717) is 0 Å². The number of quaternary nitrogens is 3. The second-order valence-electron chi connectivity index (χ2n) is 0.500. The van der Waals surface area contributed by atoms with Gasteiger partial charge in [-0.2, -0.15) is 0 Å². The van der Waals surface area contributed by atoms with Gasteiger partial charge in [0, 0.05) is 0 Å². The smallest absolute Gasteiger partial charge is 0.870 e. The van der Waals surface area contributed by atoms with Crippen molar-refractivity contribution in [1.29, 1.82) is 0 Å². The Morgan fingerprint density at radius 2 is 0.643 bits per heavy atom. The molecule has 0 aromatic carbocycles. The van der Waals surface area contributed by atoms with Crippen LogP contribution in [-0.2, 0) is 26.2 Å². The van der Waals surface area contributed by atoms with Crippen molar-refractivity contribution in [3.8, 4) is 0 Å². The monoisotopic (exact) mass is 298 g/mol. The van der Waals surface area contributed by atoms with Crippen LogP contribution >= 0.6 is 0 Å². The molecule has 0 saturated carbocycles. The first-order valence-electron chi connectivity index (χ1n) is 1.22. The number of carboxylic acid groups (broad SMARTS) is 4. The van der Waals surface area contributed by atoms with Crippen molar-refractivity contribution in [1.82, 2.24) is 18.5 Å². The molecular formula is C2H14N3O8Zr+. The fraction of sp³-hybridized carbons (Fsp3) is 0. The predicted octanol–water partition coefficient (Wildman–Crippen LogP) is -4.12. The van der Waals surface area contributed by atoms with E-state index in [4.69, 9.17) is 30.0 Å². The van der Waals surface area contributed by atoms with E-state index in [2.05, 4.69) is 0 Å². The minimum Gasteiger partial charge on any atom is -0.870 e. The minimum atomic E-state index is -2.33. The summed E-state index contributed by atoms with van der Waals surface area (Å²) in [5, 5.41) is 33.3. The maximum Gasteiger partial charge on any atom is 4.00 e. The van der Waals surface area contributed by atoms with Gasteiger partial charge in [-0.25, -0.2) is 0 Å². The van der Waals surface area contributed by atoms with E-state index >= 15 is 0 Å². The van der Waals surface area contributed by atoms with Gasteiger partial charge in [0.05, 0.1) is 0 Å². The van der Waals surface area contributed by atoms with Gasteiger partial charge in [0.25, 0.3) is 0 Å². The van der Waals surface area contributed by atoms with Gasteiger partial charge >= 0.3 is 26.2 Å². The molecule has 0 aliphatic carbocycles. The summed E-state index contributed by atoms with van der Waals surface area (Å²) in [4.78, 5) is 16.7. The van der Waals surface area contributed by atoms with E-state index in [-0.39, 0.29) is 55.6 Å². The fourth-order valence-corrected chi connectivity index (χ4v) is 0. The first-order valence-corrected chi connectivity index (χ1v) is 1.22. The molecule has 14 N–H and O–H groups in total. The summed E-state index contributed by atoms with van der Waals surface area (Å²) in [7, 11) is 0. The summed E-state index contributed by atoms with van der Waals surface area (Å²) in [6.45, 7) is 0. The van der Waals surface area contributed by atoms with Crippen molar-refractivity contribution in [3.05, 3.63) is 0 Å². The zero-order valence-corrected chi connectivity index (χ0v) is 10.3. The number of carbonyl (C=O) groups excluding carboxylic acids is 2. The van der Waals surface area contributed by atoms with Gasteiger partial charge in [-0.1, -0.05) is 0 Å². The van der Waals surface area contributed by atoms with Crippen molar-refractivity contribution >= 4 is 12.3 Å². The molecule has 11 nitrogen and oxygen atoms in total. The van der Waals surface area contributed by atoms with E-state index < -0.39 is 12.3 Å². The molecule has 0 amide bonds. The maximum absolute atomic E-state index is 8.33. The molecule has 0 aliphatic rings. The van der Waals surface area contributed by atoms with Crippen LogP contribution in [0.1, 0.15) is 0 Å². The number of hydrogen-bond donors (Lipinski definition) is 3. The molecule has 14 heavy (non-hydrogen) atoms. The molecule has 0 unspecified atom stereocenters. The molecule has 0 fully saturated rings. The van der Waals surface area contributed by atoms with Crippen LogP contribution in [0.4, 0.5) is 9.59 Å². The molecule has 12 heteroatoms. The Morgan fingerprint density at radius 1 is 0.643 bits per heavy atom. The molecule has 88 valence electrons. The summed E-state index contributed by atoms with van der Waals surface area (Å²) >= 11 is 0. The zero-order chi connectivity index (χ0) is 7.15. The van der Waals surface area contributed by atoms with E-state index in [1.54, 1.807) is 0 Å². The Balaban J connectivity index is -0.00000000600. The van der Waals surface area contributed by atoms with Crippen LogP contribution in [0.25, 0.3) is 0 Å². The molecule has 0 saturated heterocycles. The number of carbonyl (C=O) groups is 2. The van der Waals surface area contributed by atoms with E-state index in [0.717, 1.165) is 0 Å². The Labute approximate surface area is 98.2 Å². The van der Waals surface area contributed by atoms with Gasteiger partial charge in [0.15, 0.2) is 0 Å². The summed E-state index contributed by atoms with van der Waals surface area (Å²) < 4.78 is 0. The quantitative estimate of drug-likeness (QED) is 0.393. The molecule has 0 radical (unpaired) electrons. The normalized spacial score (nSPS) is 3.43. The van der Waals surface area contributed by atoms with Crippen LogP contribution in [0.5, 0.6) is 0 Å². The topological polar surface area (TPSA) is 296 Å². The van der Waals surface area contributed by atoms with Crippen LogP contribution < -0.4 is 38.9 Å². The molecule has 0 rings (SSSR count). The van der Waals surface area contributed by atoms with Crippen LogP contribution in [0.3, 0.4) is 0 Å². The molecule has 0 aromatic heterocycles. The number of rotatable bonds is 0. The molecule has 0 atom stereocenters. The second-order valence-corrected chi connectivity index (χ2v) is 0.500. The van der Waals surface area contributed by atoms with Crippen molar-refractivity contribution < 1.29 is 67.2 Å². The van der Waals surface area contributed by atoms with E-state index in [1.807, 2.05) is 0 Å². The zero-order valence-electron chi connectivity index (χ0n) is 7.84. The third kappa shape index (κ3) is 1940. The minimum absolute atomic E-state index is 0.